The Morgan fingerprint density at radius 3 is 1.67 bits per heavy atom. The molecule has 0 aromatic carbocycles. The number of halogens is 1. The number of hydrogen-bond acceptors (Lipinski definition) is 2. The third-order valence-electron chi connectivity index (χ3n) is 2.76. The lowest BCUT2D eigenvalue weighted by molar-refractivity contribution is 0.389. The summed E-state index contributed by atoms with van der Waals surface area (Å²) in [6.07, 6.45) is 12.9. The highest BCUT2D eigenvalue weighted by Gasteiger charge is 1.92. The lowest BCUT2D eigenvalue weighted by Gasteiger charge is -2.08. The normalized spacial score (nSPS) is 9.56. The molecular formula is C14H29BFN2. The molecule has 0 aliphatic heterocycles. The first-order valence-electron chi connectivity index (χ1n) is 7.15. The quantitative estimate of drug-likeness (QED) is 0.433. The van der Waals surface area contributed by atoms with Crippen molar-refractivity contribution in [3.05, 3.63) is 0 Å². The topological polar surface area (TPSA) is 27.0 Å². The maximum Gasteiger partial charge on any atom is 0.483 e. The highest BCUT2D eigenvalue weighted by Crippen LogP contribution is 2.09. The molecule has 18 heavy (non-hydrogen) atoms. The Bertz CT molecular complexity index is 181. The molecule has 105 valence electrons. The van der Waals surface area contributed by atoms with Crippen molar-refractivity contribution in [3.63, 3.8) is 0 Å². The minimum Gasteiger partial charge on any atom is -0.319 e. The highest BCUT2D eigenvalue weighted by molar-refractivity contribution is 6.36. The first-order chi connectivity index (χ1) is 8.68. The molecule has 0 aliphatic rings. The Kier molecular flexibility index (Phi) is 20.7. The van der Waals surface area contributed by atoms with Crippen molar-refractivity contribution in [1.29, 1.82) is 5.26 Å². The molecule has 0 aromatic rings. The summed E-state index contributed by atoms with van der Waals surface area (Å²) in [5.41, 5.74) is 0. The second-order valence-corrected chi connectivity index (χ2v) is 4.87. The second-order valence-electron chi connectivity index (χ2n) is 4.87. The van der Waals surface area contributed by atoms with E-state index in [0.717, 1.165) is 5.97 Å². The zero-order chi connectivity index (χ0) is 14.1. The fourth-order valence-corrected chi connectivity index (χ4v) is 1.74. The highest BCUT2D eigenvalue weighted by atomic mass is 19.1. The Hall–Kier alpha value is -0.555. The molecule has 0 saturated carbocycles. The van der Waals surface area contributed by atoms with Crippen LogP contribution in [0.25, 0.3) is 0 Å². The van der Waals surface area contributed by atoms with E-state index in [1.54, 1.807) is 0 Å². The van der Waals surface area contributed by atoms with Gasteiger partial charge in [-0.25, -0.2) is 5.26 Å². The van der Waals surface area contributed by atoms with E-state index in [2.05, 4.69) is 25.9 Å². The monoisotopic (exact) mass is 255 g/mol. The SMILES string of the molecule is CCCCCCCCCCCN(C)C.N#C[B]F. The van der Waals surface area contributed by atoms with Gasteiger partial charge in [-0.2, -0.15) is 0 Å². The first kappa shape index (κ1) is 19.8. The molecule has 0 aliphatic carbocycles. The number of nitriles is 1. The van der Waals surface area contributed by atoms with Gasteiger partial charge in [0, 0.05) is 5.97 Å². The van der Waals surface area contributed by atoms with Crippen molar-refractivity contribution in [2.24, 2.45) is 0 Å². The summed E-state index contributed by atoms with van der Waals surface area (Å²) >= 11 is 0. The predicted molar refractivity (Wildman–Crippen MR) is 78.3 cm³/mol. The minimum atomic E-state index is -0.0694. The summed E-state index contributed by atoms with van der Waals surface area (Å²) in [6, 6.07) is 0. The third kappa shape index (κ3) is 24.6. The molecule has 0 rings (SSSR count). The van der Waals surface area contributed by atoms with Crippen LogP contribution in [-0.4, -0.2) is 33.1 Å². The molecule has 0 unspecified atom stereocenters. The lowest BCUT2D eigenvalue weighted by atomic mass is 10.1. The number of rotatable bonds is 10. The molecule has 0 saturated heterocycles. The molecule has 0 bridgehead atoms. The van der Waals surface area contributed by atoms with Gasteiger partial charge in [-0.05, 0) is 27.1 Å². The fourth-order valence-electron chi connectivity index (χ4n) is 1.74. The second kappa shape index (κ2) is 18.8. The summed E-state index contributed by atoms with van der Waals surface area (Å²) in [5, 5.41) is 7.19. The molecular weight excluding hydrogens is 226 g/mol. The Labute approximate surface area is 114 Å². The average Bonchev–Trinajstić information content (AvgIpc) is 2.37. The van der Waals surface area contributed by atoms with E-state index >= 15 is 0 Å². The fraction of sp³-hybridized carbons (Fsp3) is 0.929. The van der Waals surface area contributed by atoms with Gasteiger partial charge in [0.25, 0.3) is 0 Å². The van der Waals surface area contributed by atoms with Gasteiger partial charge in [0.1, 0.15) is 0 Å². The van der Waals surface area contributed by atoms with Crippen LogP contribution in [0.3, 0.4) is 0 Å². The van der Waals surface area contributed by atoms with Crippen molar-refractivity contribution >= 4 is 7.56 Å². The minimum absolute atomic E-state index is 0.0694. The number of nitrogens with zero attached hydrogens (tertiary/aromatic N) is 2. The van der Waals surface area contributed by atoms with Crippen LogP contribution < -0.4 is 0 Å². The molecule has 4 heteroatoms. The van der Waals surface area contributed by atoms with Crippen LogP contribution in [0, 0.1) is 11.2 Å². The van der Waals surface area contributed by atoms with E-state index in [1.807, 2.05) is 0 Å². The van der Waals surface area contributed by atoms with Gasteiger partial charge in [-0.15, -0.1) is 0 Å². The van der Waals surface area contributed by atoms with Crippen molar-refractivity contribution in [1.82, 2.24) is 4.90 Å². The van der Waals surface area contributed by atoms with E-state index in [-0.39, 0.29) is 7.56 Å². The van der Waals surface area contributed by atoms with Crippen molar-refractivity contribution in [3.8, 4) is 5.97 Å². The Morgan fingerprint density at radius 1 is 0.944 bits per heavy atom. The average molecular weight is 255 g/mol. The van der Waals surface area contributed by atoms with Crippen molar-refractivity contribution in [2.45, 2.75) is 64.7 Å². The van der Waals surface area contributed by atoms with E-state index in [9.17, 15) is 4.32 Å². The van der Waals surface area contributed by atoms with Gasteiger partial charge in [0.2, 0.25) is 0 Å². The summed E-state index contributed by atoms with van der Waals surface area (Å²) in [5.74, 6) is 1.14. The van der Waals surface area contributed by atoms with Gasteiger partial charge < -0.3 is 9.22 Å². The van der Waals surface area contributed by atoms with Crippen molar-refractivity contribution < 1.29 is 4.32 Å². The number of hydrogen-bond donors (Lipinski definition) is 0. The zero-order valence-electron chi connectivity index (χ0n) is 12.4. The van der Waals surface area contributed by atoms with Gasteiger partial charge in [-0.3, -0.25) is 0 Å². The third-order valence-corrected chi connectivity index (χ3v) is 2.76. The molecule has 0 heterocycles. The molecule has 0 N–H and O–H groups in total. The summed E-state index contributed by atoms with van der Waals surface area (Å²) < 4.78 is 10.2. The number of unbranched alkanes of at least 4 members (excludes halogenated alkanes) is 8. The zero-order valence-corrected chi connectivity index (χ0v) is 12.4. The smallest absolute Gasteiger partial charge is 0.319 e. The molecule has 0 spiro atoms. The van der Waals surface area contributed by atoms with E-state index in [1.165, 1.54) is 64.3 Å². The van der Waals surface area contributed by atoms with Crippen LogP contribution in [0.1, 0.15) is 64.7 Å². The first-order valence-corrected chi connectivity index (χ1v) is 7.15. The van der Waals surface area contributed by atoms with Crippen LogP contribution in [-0.2, 0) is 0 Å². The predicted octanol–water partition coefficient (Wildman–Crippen LogP) is 4.13. The Morgan fingerprint density at radius 2 is 1.33 bits per heavy atom. The summed E-state index contributed by atoms with van der Waals surface area (Å²) in [6.45, 7) is 3.54. The molecule has 0 amide bonds. The van der Waals surface area contributed by atoms with E-state index in [0.29, 0.717) is 0 Å². The van der Waals surface area contributed by atoms with Crippen LogP contribution in [0.5, 0.6) is 0 Å². The standard InChI is InChI=1S/C13H29N.CBFN/c1-4-5-6-7-8-9-10-11-12-13-14(2)3;3-2-1-4/h4-13H2,1-3H3;. The molecule has 2 nitrogen and oxygen atoms in total. The van der Waals surface area contributed by atoms with Crippen LogP contribution in [0.2, 0.25) is 0 Å². The van der Waals surface area contributed by atoms with E-state index in [4.69, 9.17) is 5.26 Å². The van der Waals surface area contributed by atoms with E-state index < -0.39 is 0 Å². The molecule has 0 atom stereocenters. The van der Waals surface area contributed by atoms with Gasteiger partial charge in [0.15, 0.2) is 0 Å². The van der Waals surface area contributed by atoms with Crippen LogP contribution >= 0.6 is 0 Å². The molecule has 0 fully saturated rings. The van der Waals surface area contributed by atoms with Gasteiger partial charge >= 0.3 is 7.56 Å². The maximum absolute atomic E-state index is 10.2. The largest absolute Gasteiger partial charge is 0.483 e. The maximum atomic E-state index is 10.2. The molecule has 1 radical (unpaired) electrons. The molecule has 0 aromatic heterocycles. The van der Waals surface area contributed by atoms with Crippen LogP contribution in [0.4, 0.5) is 4.32 Å². The van der Waals surface area contributed by atoms with Gasteiger partial charge in [-0.1, -0.05) is 58.3 Å². The Balaban J connectivity index is 0. The van der Waals surface area contributed by atoms with Crippen molar-refractivity contribution in [2.75, 3.05) is 20.6 Å². The van der Waals surface area contributed by atoms with Gasteiger partial charge in [0.05, 0.1) is 0 Å². The van der Waals surface area contributed by atoms with Crippen LogP contribution in [0.15, 0.2) is 0 Å². The lowest BCUT2D eigenvalue weighted by Crippen LogP contribution is -2.12. The summed E-state index contributed by atoms with van der Waals surface area (Å²) in [4.78, 5) is 2.28. The summed E-state index contributed by atoms with van der Waals surface area (Å²) in [7, 11) is 4.25.